The van der Waals surface area contributed by atoms with Gasteiger partial charge in [0.1, 0.15) is 0 Å². The Morgan fingerprint density at radius 2 is 1.71 bits per heavy atom. The number of alkyl halides is 1. The second-order valence-electron chi connectivity index (χ2n) is 3.82. The number of halogens is 1. The zero-order chi connectivity index (χ0) is 10.6. The summed E-state index contributed by atoms with van der Waals surface area (Å²) < 4.78 is 25.4. The van der Waals surface area contributed by atoms with Crippen molar-refractivity contribution in [2.24, 2.45) is 0 Å². The summed E-state index contributed by atoms with van der Waals surface area (Å²) >= 11 is 5.59. The topological polar surface area (TPSA) is 37.4 Å². The zero-order valence-corrected chi connectivity index (χ0v) is 10.1. The molecule has 1 unspecified atom stereocenters. The van der Waals surface area contributed by atoms with Gasteiger partial charge in [-0.3, -0.25) is 0 Å². The minimum atomic E-state index is -3.13. The maximum atomic E-state index is 11.9. The van der Waals surface area contributed by atoms with Crippen molar-refractivity contribution in [1.29, 1.82) is 0 Å². The lowest BCUT2D eigenvalue weighted by Gasteiger charge is -2.22. The summed E-state index contributed by atoms with van der Waals surface area (Å²) in [5.41, 5.74) is 0. The van der Waals surface area contributed by atoms with E-state index in [2.05, 4.69) is 0 Å². The largest absolute Gasteiger partial charge is 0.217 e. The van der Waals surface area contributed by atoms with Crippen LogP contribution in [0.15, 0.2) is 0 Å². The number of nitrogens with zero attached hydrogens (tertiary/aromatic N) is 1. The minimum Gasteiger partial charge on any atom is -0.212 e. The van der Waals surface area contributed by atoms with Gasteiger partial charge in [0, 0.05) is 19.0 Å². The van der Waals surface area contributed by atoms with E-state index in [-0.39, 0.29) is 5.88 Å². The van der Waals surface area contributed by atoms with E-state index in [9.17, 15) is 8.42 Å². The molecular weight excluding hydrogens is 222 g/mol. The van der Waals surface area contributed by atoms with E-state index in [1.54, 1.807) is 11.2 Å². The van der Waals surface area contributed by atoms with Crippen LogP contribution < -0.4 is 0 Å². The average Bonchev–Trinajstić information content (AvgIpc) is 2.44. The monoisotopic (exact) mass is 239 g/mol. The van der Waals surface area contributed by atoms with Crippen molar-refractivity contribution in [1.82, 2.24) is 4.31 Å². The lowest BCUT2D eigenvalue weighted by molar-refractivity contribution is 0.418. The number of hydrogen-bond donors (Lipinski definition) is 0. The lowest BCUT2D eigenvalue weighted by atomic mass is 10.2. The summed E-state index contributed by atoms with van der Waals surface area (Å²) in [4.78, 5) is 0. The molecule has 0 saturated carbocycles. The predicted octanol–water partition coefficient (Wildman–Crippen LogP) is 1.82. The van der Waals surface area contributed by atoms with Crippen LogP contribution in [0.5, 0.6) is 0 Å². The van der Waals surface area contributed by atoms with Crippen molar-refractivity contribution in [2.45, 2.75) is 37.9 Å². The first kappa shape index (κ1) is 12.3. The van der Waals surface area contributed by atoms with Crippen LogP contribution in [0.3, 0.4) is 0 Å². The molecular formula is C9H18ClNO2S. The van der Waals surface area contributed by atoms with Crippen molar-refractivity contribution in [3.63, 3.8) is 0 Å². The van der Waals surface area contributed by atoms with E-state index in [4.69, 9.17) is 11.6 Å². The van der Waals surface area contributed by atoms with E-state index in [0.29, 0.717) is 13.1 Å². The van der Waals surface area contributed by atoms with Gasteiger partial charge < -0.3 is 0 Å². The molecule has 1 saturated heterocycles. The first-order valence-corrected chi connectivity index (χ1v) is 7.17. The van der Waals surface area contributed by atoms with Gasteiger partial charge in [0.15, 0.2) is 0 Å². The molecule has 1 rings (SSSR count). The molecule has 1 aliphatic heterocycles. The SMILES string of the molecule is CC(CCl)S(=O)(=O)N1CCCCCC1. The van der Waals surface area contributed by atoms with Crippen LogP contribution in [0.1, 0.15) is 32.6 Å². The van der Waals surface area contributed by atoms with Crippen LogP contribution in [0, 0.1) is 0 Å². The van der Waals surface area contributed by atoms with Gasteiger partial charge in [0.2, 0.25) is 10.0 Å². The van der Waals surface area contributed by atoms with Crippen LogP contribution >= 0.6 is 11.6 Å². The van der Waals surface area contributed by atoms with E-state index in [1.165, 1.54) is 0 Å². The van der Waals surface area contributed by atoms with Gasteiger partial charge >= 0.3 is 0 Å². The molecule has 1 atom stereocenters. The van der Waals surface area contributed by atoms with E-state index in [1.807, 2.05) is 0 Å². The van der Waals surface area contributed by atoms with Crippen LogP contribution in [0.4, 0.5) is 0 Å². The van der Waals surface area contributed by atoms with Gasteiger partial charge in [-0.1, -0.05) is 12.8 Å². The van der Waals surface area contributed by atoms with Crippen LogP contribution in [0.25, 0.3) is 0 Å². The fraction of sp³-hybridized carbons (Fsp3) is 1.00. The smallest absolute Gasteiger partial charge is 0.212 e. The van der Waals surface area contributed by atoms with Gasteiger partial charge in [-0.2, -0.15) is 0 Å². The van der Waals surface area contributed by atoms with Crippen molar-refractivity contribution in [2.75, 3.05) is 19.0 Å². The van der Waals surface area contributed by atoms with Gasteiger partial charge in [-0.15, -0.1) is 11.6 Å². The maximum absolute atomic E-state index is 11.9. The zero-order valence-electron chi connectivity index (χ0n) is 8.58. The first-order valence-electron chi connectivity index (χ1n) is 5.14. The Labute approximate surface area is 91.5 Å². The molecule has 1 aliphatic rings. The summed E-state index contributed by atoms with van der Waals surface area (Å²) in [6.07, 6.45) is 4.24. The molecule has 0 radical (unpaired) electrons. The Morgan fingerprint density at radius 3 is 2.14 bits per heavy atom. The van der Waals surface area contributed by atoms with Gasteiger partial charge in [0.05, 0.1) is 5.25 Å². The molecule has 14 heavy (non-hydrogen) atoms. The Balaban J connectivity index is 2.69. The van der Waals surface area contributed by atoms with Crippen molar-refractivity contribution >= 4 is 21.6 Å². The van der Waals surface area contributed by atoms with Crippen molar-refractivity contribution in [3.8, 4) is 0 Å². The molecule has 0 spiro atoms. The first-order chi connectivity index (χ1) is 6.59. The molecule has 0 N–H and O–H groups in total. The van der Waals surface area contributed by atoms with E-state index >= 15 is 0 Å². The molecule has 1 fully saturated rings. The molecule has 0 aromatic carbocycles. The highest BCUT2D eigenvalue weighted by Gasteiger charge is 2.28. The molecule has 0 aliphatic carbocycles. The molecule has 0 amide bonds. The Hall–Kier alpha value is 0.200. The van der Waals surface area contributed by atoms with Crippen LogP contribution in [-0.4, -0.2) is 36.9 Å². The Bertz CT molecular complexity index is 258. The fourth-order valence-electron chi connectivity index (χ4n) is 1.63. The predicted molar refractivity (Wildman–Crippen MR) is 59.1 cm³/mol. The molecule has 1 heterocycles. The molecule has 0 aromatic rings. The van der Waals surface area contributed by atoms with Gasteiger partial charge in [-0.25, -0.2) is 12.7 Å². The third-order valence-electron chi connectivity index (χ3n) is 2.65. The fourth-order valence-corrected chi connectivity index (χ4v) is 3.54. The summed E-state index contributed by atoms with van der Waals surface area (Å²) in [6, 6.07) is 0. The standard InChI is InChI=1S/C9H18ClNO2S/c1-9(8-10)14(12,13)11-6-4-2-3-5-7-11/h9H,2-8H2,1H3. The maximum Gasteiger partial charge on any atom is 0.217 e. The average molecular weight is 240 g/mol. The number of hydrogen-bond acceptors (Lipinski definition) is 2. The highest BCUT2D eigenvalue weighted by Crippen LogP contribution is 2.17. The Kier molecular flexibility index (Phi) is 4.67. The molecule has 0 aromatic heterocycles. The van der Waals surface area contributed by atoms with Crippen molar-refractivity contribution < 1.29 is 8.42 Å². The van der Waals surface area contributed by atoms with Crippen molar-refractivity contribution in [3.05, 3.63) is 0 Å². The quantitative estimate of drug-likeness (QED) is 0.705. The van der Waals surface area contributed by atoms with Crippen LogP contribution in [0.2, 0.25) is 0 Å². The highest BCUT2D eigenvalue weighted by atomic mass is 35.5. The van der Waals surface area contributed by atoms with Gasteiger partial charge in [0.25, 0.3) is 0 Å². The second-order valence-corrected chi connectivity index (χ2v) is 6.48. The summed E-state index contributed by atoms with van der Waals surface area (Å²) in [5.74, 6) is 0.179. The highest BCUT2D eigenvalue weighted by molar-refractivity contribution is 7.89. The summed E-state index contributed by atoms with van der Waals surface area (Å²) in [5, 5.41) is -0.456. The van der Waals surface area contributed by atoms with Gasteiger partial charge in [-0.05, 0) is 19.8 Å². The second kappa shape index (κ2) is 5.33. The third kappa shape index (κ3) is 2.84. The Morgan fingerprint density at radius 1 is 1.21 bits per heavy atom. The molecule has 5 heteroatoms. The normalized spacial score (nSPS) is 23.0. The van der Waals surface area contributed by atoms with E-state index < -0.39 is 15.3 Å². The summed E-state index contributed by atoms with van der Waals surface area (Å²) in [7, 11) is -3.13. The number of sulfonamides is 1. The minimum absolute atomic E-state index is 0.179. The molecule has 84 valence electrons. The third-order valence-corrected chi connectivity index (χ3v) is 5.57. The summed E-state index contributed by atoms with van der Waals surface area (Å²) in [6.45, 7) is 3.01. The van der Waals surface area contributed by atoms with Crippen LogP contribution in [-0.2, 0) is 10.0 Å². The molecule has 0 bridgehead atoms. The lowest BCUT2D eigenvalue weighted by Crippen LogP contribution is -2.38. The number of rotatable bonds is 3. The molecule has 3 nitrogen and oxygen atoms in total. The van der Waals surface area contributed by atoms with E-state index in [0.717, 1.165) is 25.7 Å².